The van der Waals surface area contributed by atoms with E-state index in [2.05, 4.69) is 4.98 Å². The summed E-state index contributed by atoms with van der Waals surface area (Å²) in [5.74, 6) is -0.217. The molecule has 0 aliphatic heterocycles. The zero-order chi connectivity index (χ0) is 10.4. The number of esters is 1. The van der Waals surface area contributed by atoms with E-state index in [4.69, 9.17) is 9.84 Å². The van der Waals surface area contributed by atoms with Gasteiger partial charge in [-0.25, -0.2) is 4.98 Å². The molecule has 4 nitrogen and oxygen atoms in total. The van der Waals surface area contributed by atoms with E-state index in [-0.39, 0.29) is 11.8 Å². The molecule has 0 spiro atoms. The van der Waals surface area contributed by atoms with Crippen LogP contribution in [-0.2, 0) is 16.0 Å². The van der Waals surface area contributed by atoms with Crippen molar-refractivity contribution < 1.29 is 14.6 Å². The van der Waals surface area contributed by atoms with Crippen molar-refractivity contribution in [3.63, 3.8) is 0 Å². The topological polar surface area (TPSA) is 59.4 Å². The van der Waals surface area contributed by atoms with Crippen molar-refractivity contribution >= 4 is 5.97 Å². The fourth-order valence-electron chi connectivity index (χ4n) is 1.04. The van der Waals surface area contributed by atoms with Crippen LogP contribution >= 0.6 is 0 Å². The molecule has 0 fully saturated rings. The molecule has 0 saturated heterocycles. The van der Waals surface area contributed by atoms with Crippen LogP contribution in [0.2, 0.25) is 0 Å². The first kappa shape index (κ1) is 10.5. The molecular weight excluding hydrogens is 182 g/mol. The van der Waals surface area contributed by atoms with Crippen molar-refractivity contribution in [2.24, 2.45) is 0 Å². The van der Waals surface area contributed by atoms with Gasteiger partial charge in [0, 0.05) is 18.7 Å². The number of ether oxygens (including phenoxy) is 1. The van der Waals surface area contributed by atoms with Gasteiger partial charge in [-0.05, 0) is 18.9 Å². The molecule has 0 aliphatic carbocycles. The maximum absolute atomic E-state index is 11.0. The molecule has 14 heavy (non-hydrogen) atoms. The summed E-state index contributed by atoms with van der Waals surface area (Å²) in [7, 11) is 0. The molecule has 1 rings (SSSR count). The van der Waals surface area contributed by atoms with Crippen LogP contribution in [0.25, 0.3) is 0 Å². The number of hydrogen-bond donors (Lipinski definition) is 1. The van der Waals surface area contributed by atoms with Crippen molar-refractivity contribution in [3.05, 3.63) is 23.9 Å². The van der Waals surface area contributed by atoms with Crippen LogP contribution in [0.3, 0.4) is 0 Å². The third-order valence-corrected chi connectivity index (χ3v) is 1.73. The highest BCUT2D eigenvalue weighted by Crippen LogP contribution is 2.07. The lowest BCUT2D eigenvalue weighted by atomic mass is 10.1. The highest BCUT2D eigenvalue weighted by Gasteiger charge is 2.02. The second kappa shape index (κ2) is 5.21. The summed E-state index contributed by atoms with van der Waals surface area (Å²) in [5.41, 5.74) is 0.913. The number of nitrogens with zero attached hydrogens (tertiary/aromatic N) is 1. The highest BCUT2D eigenvalue weighted by atomic mass is 16.5. The van der Waals surface area contributed by atoms with Crippen LogP contribution in [0.4, 0.5) is 0 Å². The molecule has 1 aromatic heterocycles. The Morgan fingerprint density at radius 2 is 2.36 bits per heavy atom. The van der Waals surface area contributed by atoms with Crippen LogP contribution < -0.4 is 0 Å². The first-order valence-corrected chi connectivity index (χ1v) is 4.52. The molecule has 0 unspecified atom stereocenters. The third kappa shape index (κ3) is 3.43. The summed E-state index contributed by atoms with van der Waals surface area (Å²) in [4.78, 5) is 14.7. The lowest BCUT2D eigenvalue weighted by Crippen LogP contribution is -2.05. The van der Waals surface area contributed by atoms with Gasteiger partial charge in [-0.2, -0.15) is 0 Å². The zero-order valence-electron chi connectivity index (χ0n) is 8.06. The van der Waals surface area contributed by atoms with Gasteiger partial charge in [0.15, 0.2) is 0 Å². The van der Waals surface area contributed by atoms with Crippen LogP contribution in [0, 0.1) is 0 Å². The molecule has 0 atom stereocenters. The fourth-order valence-corrected chi connectivity index (χ4v) is 1.04. The smallest absolute Gasteiger partial charge is 0.306 e. The molecule has 0 aliphatic rings. The van der Waals surface area contributed by atoms with Crippen LogP contribution in [0.15, 0.2) is 18.3 Å². The Bertz CT molecular complexity index is 295. The maximum Gasteiger partial charge on any atom is 0.306 e. The Kier molecular flexibility index (Phi) is 3.91. The van der Waals surface area contributed by atoms with Crippen molar-refractivity contribution in [2.75, 3.05) is 6.61 Å². The molecule has 76 valence electrons. The number of pyridine rings is 1. The van der Waals surface area contributed by atoms with Crippen molar-refractivity contribution in [1.82, 2.24) is 4.98 Å². The monoisotopic (exact) mass is 195 g/mol. The second-order valence-electron chi connectivity index (χ2n) is 2.83. The summed E-state index contributed by atoms with van der Waals surface area (Å²) in [6, 6.07) is 3.24. The Morgan fingerprint density at radius 1 is 1.57 bits per heavy atom. The second-order valence-corrected chi connectivity index (χ2v) is 2.83. The van der Waals surface area contributed by atoms with Crippen LogP contribution in [0.1, 0.15) is 18.9 Å². The lowest BCUT2D eigenvalue weighted by Gasteiger charge is -2.01. The quantitative estimate of drug-likeness (QED) is 0.735. The first-order valence-electron chi connectivity index (χ1n) is 4.52. The summed E-state index contributed by atoms with van der Waals surface area (Å²) < 4.78 is 4.78. The Morgan fingerprint density at radius 3 is 2.93 bits per heavy atom. The number of aryl methyl sites for hydroxylation is 1. The van der Waals surface area contributed by atoms with Gasteiger partial charge in [-0.3, -0.25) is 4.79 Å². The number of aromatic nitrogens is 1. The number of hydrogen-bond acceptors (Lipinski definition) is 4. The highest BCUT2D eigenvalue weighted by molar-refractivity contribution is 5.69. The van der Waals surface area contributed by atoms with Gasteiger partial charge in [0.2, 0.25) is 5.88 Å². The van der Waals surface area contributed by atoms with Crippen molar-refractivity contribution in [1.29, 1.82) is 0 Å². The number of rotatable bonds is 4. The predicted molar refractivity (Wildman–Crippen MR) is 50.9 cm³/mol. The lowest BCUT2D eigenvalue weighted by molar-refractivity contribution is -0.143. The van der Waals surface area contributed by atoms with E-state index >= 15 is 0 Å². The normalized spacial score (nSPS) is 9.79. The van der Waals surface area contributed by atoms with Gasteiger partial charge < -0.3 is 9.84 Å². The van der Waals surface area contributed by atoms with Crippen LogP contribution in [-0.4, -0.2) is 22.7 Å². The van der Waals surface area contributed by atoms with E-state index in [0.29, 0.717) is 19.4 Å². The van der Waals surface area contributed by atoms with Gasteiger partial charge in [0.25, 0.3) is 0 Å². The molecule has 0 radical (unpaired) electrons. The largest absolute Gasteiger partial charge is 0.493 e. The molecule has 0 bridgehead atoms. The van der Waals surface area contributed by atoms with Gasteiger partial charge >= 0.3 is 5.97 Å². The summed E-state index contributed by atoms with van der Waals surface area (Å²) in [6.45, 7) is 2.19. The summed E-state index contributed by atoms with van der Waals surface area (Å²) >= 11 is 0. The average Bonchev–Trinajstić information content (AvgIpc) is 2.17. The van der Waals surface area contributed by atoms with Gasteiger partial charge in [0.05, 0.1) is 6.61 Å². The fraction of sp³-hybridized carbons (Fsp3) is 0.400. The number of carbonyl (C=O) groups excluding carboxylic acids is 1. The standard InChI is InChI=1S/C10H13NO3/c1-2-14-10(13)6-4-8-3-5-9(12)11-7-8/h3,5,7H,2,4,6H2,1H3,(H,11,12). The van der Waals surface area contributed by atoms with E-state index in [1.54, 1.807) is 19.2 Å². The Labute approximate surface area is 82.5 Å². The third-order valence-electron chi connectivity index (χ3n) is 1.73. The molecule has 0 aromatic carbocycles. The Hall–Kier alpha value is -1.58. The average molecular weight is 195 g/mol. The van der Waals surface area contributed by atoms with E-state index in [1.807, 2.05) is 0 Å². The van der Waals surface area contributed by atoms with E-state index in [0.717, 1.165) is 5.56 Å². The SMILES string of the molecule is CCOC(=O)CCc1ccc(O)nc1. The van der Waals surface area contributed by atoms with Gasteiger partial charge in [-0.15, -0.1) is 0 Å². The molecule has 1 heterocycles. The zero-order valence-corrected chi connectivity index (χ0v) is 8.06. The summed E-state index contributed by atoms with van der Waals surface area (Å²) in [5, 5.41) is 8.92. The minimum Gasteiger partial charge on any atom is -0.493 e. The molecule has 0 saturated carbocycles. The van der Waals surface area contributed by atoms with Gasteiger partial charge in [0.1, 0.15) is 0 Å². The molecule has 4 heteroatoms. The molecule has 1 aromatic rings. The van der Waals surface area contributed by atoms with Crippen molar-refractivity contribution in [3.8, 4) is 5.88 Å². The predicted octanol–water partition coefficient (Wildman–Crippen LogP) is 1.28. The van der Waals surface area contributed by atoms with Gasteiger partial charge in [-0.1, -0.05) is 6.07 Å². The maximum atomic E-state index is 11.0. The molecule has 0 amide bonds. The molecule has 1 N–H and O–H groups in total. The first-order chi connectivity index (χ1) is 6.72. The minimum atomic E-state index is -0.208. The number of carbonyl (C=O) groups is 1. The van der Waals surface area contributed by atoms with E-state index < -0.39 is 0 Å². The van der Waals surface area contributed by atoms with E-state index in [9.17, 15) is 4.79 Å². The summed E-state index contributed by atoms with van der Waals surface area (Å²) in [6.07, 6.45) is 2.49. The van der Waals surface area contributed by atoms with Crippen molar-refractivity contribution in [2.45, 2.75) is 19.8 Å². The van der Waals surface area contributed by atoms with E-state index in [1.165, 1.54) is 6.07 Å². The molecular formula is C10H13NO3. The number of aromatic hydroxyl groups is 1. The van der Waals surface area contributed by atoms with Crippen LogP contribution in [0.5, 0.6) is 5.88 Å². The Balaban J connectivity index is 2.38. The minimum absolute atomic E-state index is 0.00937.